The Morgan fingerprint density at radius 1 is 1.11 bits per heavy atom. The molecule has 3 nitrogen and oxygen atoms in total. The van der Waals surface area contributed by atoms with Crippen molar-refractivity contribution in [1.29, 1.82) is 0 Å². The molecule has 1 heterocycles. The number of rotatable bonds is 4. The van der Waals surface area contributed by atoms with Crippen molar-refractivity contribution in [3.8, 4) is 0 Å². The summed E-state index contributed by atoms with van der Waals surface area (Å²) < 4.78 is 0. The first-order valence-corrected chi connectivity index (χ1v) is 11.5. The molecule has 1 aromatic rings. The summed E-state index contributed by atoms with van der Waals surface area (Å²) in [6, 6.07) is 4.36. The summed E-state index contributed by atoms with van der Waals surface area (Å²) in [5.41, 5.74) is 1.64. The number of fused-ring (bicyclic) bond motifs is 1. The molecule has 2 fully saturated rings. The van der Waals surface area contributed by atoms with Crippen LogP contribution < -0.4 is 0 Å². The molecule has 3 aliphatic rings. The van der Waals surface area contributed by atoms with Crippen LogP contribution in [0.1, 0.15) is 57.2 Å². The van der Waals surface area contributed by atoms with Crippen molar-refractivity contribution in [3.63, 3.8) is 0 Å². The average Bonchev–Trinajstić information content (AvgIpc) is 3.29. The van der Waals surface area contributed by atoms with Crippen molar-refractivity contribution in [2.45, 2.75) is 58.5 Å². The molecule has 0 aliphatic heterocycles. The number of aliphatic hydroxyl groups is 3. The van der Waals surface area contributed by atoms with Gasteiger partial charge in [0.05, 0.1) is 6.10 Å². The van der Waals surface area contributed by atoms with Gasteiger partial charge in [0.25, 0.3) is 0 Å². The number of thiophene rings is 1. The maximum atomic E-state index is 10.5. The fourth-order valence-corrected chi connectivity index (χ4v) is 7.81. The fourth-order valence-electron chi connectivity index (χ4n) is 6.91. The van der Waals surface area contributed by atoms with Crippen LogP contribution in [-0.4, -0.2) is 34.6 Å². The fraction of sp³-hybridized carbons (Fsp3) is 0.739. The van der Waals surface area contributed by atoms with Crippen molar-refractivity contribution in [2.24, 2.45) is 34.5 Å². The molecule has 0 amide bonds. The molecular formula is C23H34O3S. The Morgan fingerprint density at radius 3 is 2.59 bits per heavy atom. The maximum Gasteiger partial charge on any atom is 0.0544 e. The Labute approximate surface area is 167 Å². The van der Waals surface area contributed by atoms with Crippen LogP contribution in [0, 0.1) is 34.5 Å². The highest BCUT2D eigenvalue weighted by atomic mass is 32.1. The van der Waals surface area contributed by atoms with Gasteiger partial charge in [-0.3, -0.25) is 0 Å². The summed E-state index contributed by atoms with van der Waals surface area (Å²) in [5.74, 6) is 1.30. The summed E-state index contributed by atoms with van der Waals surface area (Å²) >= 11 is 1.82. The van der Waals surface area contributed by atoms with Gasteiger partial charge < -0.3 is 15.3 Å². The molecule has 2 saturated carbocycles. The van der Waals surface area contributed by atoms with Gasteiger partial charge in [0.1, 0.15) is 0 Å². The Kier molecular flexibility index (Phi) is 5.30. The molecule has 0 aromatic carbocycles. The number of aliphatic hydroxyl groups excluding tert-OH is 3. The van der Waals surface area contributed by atoms with E-state index in [1.165, 1.54) is 10.5 Å². The summed E-state index contributed by atoms with van der Waals surface area (Å²) in [4.78, 5) is 1.38. The largest absolute Gasteiger partial charge is 0.396 e. The summed E-state index contributed by atoms with van der Waals surface area (Å²) in [6.45, 7) is 5.10. The Hall–Kier alpha value is -0.680. The third-order valence-electron chi connectivity index (χ3n) is 8.59. The molecule has 7 atom stereocenters. The van der Waals surface area contributed by atoms with Gasteiger partial charge >= 0.3 is 0 Å². The van der Waals surface area contributed by atoms with Crippen LogP contribution in [0.2, 0.25) is 0 Å². The zero-order valence-electron chi connectivity index (χ0n) is 16.6. The van der Waals surface area contributed by atoms with E-state index in [-0.39, 0.29) is 42.0 Å². The van der Waals surface area contributed by atoms with E-state index in [2.05, 4.69) is 37.4 Å². The minimum absolute atomic E-state index is 0.00833. The molecule has 3 aliphatic carbocycles. The van der Waals surface area contributed by atoms with Crippen LogP contribution >= 0.6 is 11.3 Å². The first kappa shape index (κ1) is 19.6. The predicted octanol–water partition coefficient (Wildman–Crippen LogP) is 4.34. The second-order valence-electron chi connectivity index (χ2n) is 9.66. The van der Waals surface area contributed by atoms with Crippen LogP contribution in [0.15, 0.2) is 23.6 Å². The molecule has 4 rings (SSSR count). The zero-order valence-corrected chi connectivity index (χ0v) is 17.4. The van der Waals surface area contributed by atoms with E-state index in [1.807, 2.05) is 11.3 Å². The van der Waals surface area contributed by atoms with E-state index < -0.39 is 0 Å². The maximum absolute atomic E-state index is 10.5. The van der Waals surface area contributed by atoms with Crippen molar-refractivity contribution in [2.75, 3.05) is 13.2 Å². The van der Waals surface area contributed by atoms with Gasteiger partial charge in [-0.15, -0.1) is 11.3 Å². The third kappa shape index (κ3) is 3.04. The highest BCUT2D eigenvalue weighted by Crippen LogP contribution is 2.64. The average molecular weight is 391 g/mol. The van der Waals surface area contributed by atoms with Crippen LogP contribution in [0.3, 0.4) is 0 Å². The summed E-state index contributed by atoms with van der Waals surface area (Å²) in [5, 5.41) is 32.8. The minimum Gasteiger partial charge on any atom is -0.396 e. The van der Waals surface area contributed by atoms with E-state index in [9.17, 15) is 15.3 Å². The normalized spacial score (nSPS) is 44.8. The minimum atomic E-state index is -0.282. The molecule has 0 radical (unpaired) electrons. The monoisotopic (exact) mass is 390 g/mol. The van der Waals surface area contributed by atoms with Gasteiger partial charge in [0.15, 0.2) is 0 Å². The van der Waals surface area contributed by atoms with Gasteiger partial charge in [-0.05, 0) is 90.0 Å². The number of hydrogen-bond acceptors (Lipinski definition) is 4. The smallest absolute Gasteiger partial charge is 0.0544 e. The van der Waals surface area contributed by atoms with Crippen LogP contribution in [0.25, 0.3) is 5.57 Å². The standard InChI is InChI=1S/C23H34O3S/c1-22(9-7-16(26)12-15(22)13-24)19-8-10-23(2)18(17(19)14-25)5-6-20(23)21-4-3-11-27-21/h3-4,6,11,15-19,24-26H,5,7-10,12-14H2,1-2H3/t15-,16+,17+,18+,19+,22+,23?/m1/s1. The molecule has 1 unspecified atom stereocenters. The molecule has 3 N–H and O–H groups in total. The van der Waals surface area contributed by atoms with E-state index in [4.69, 9.17) is 0 Å². The highest BCUT2D eigenvalue weighted by molar-refractivity contribution is 7.11. The van der Waals surface area contributed by atoms with Crippen LogP contribution in [0.5, 0.6) is 0 Å². The quantitative estimate of drug-likeness (QED) is 0.717. The van der Waals surface area contributed by atoms with Crippen molar-refractivity contribution < 1.29 is 15.3 Å². The lowest BCUT2D eigenvalue weighted by Gasteiger charge is -2.56. The van der Waals surface area contributed by atoms with E-state index in [0.29, 0.717) is 18.3 Å². The summed E-state index contributed by atoms with van der Waals surface area (Å²) in [7, 11) is 0. The van der Waals surface area contributed by atoms with Gasteiger partial charge in [-0.2, -0.15) is 0 Å². The van der Waals surface area contributed by atoms with Gasteiger partial charge in [0.2, 0.25) is 0 Å². The lowest BCUT2D eigenvalue weighted by atomic mass is 9.49. The van der Waals surface area contributed by atoms with Gasteiger partial charge in [0, 0.05) is 18.1 Å². The first-order chi connectivity index (χ1) is 12.9. The first-order valence-electron chi connectivity index (χ1n) is 10.6. The lowest BCUT2D eigenvalue weighted by molar-refractivity contribution is -0.103. The molecule has 27 heavy (non-hydrogen) atoms. The molecule has 1 aromatic heterocycles. The van der Waals surface area contributed by atoms with Gasteiger partial charge in [-0.25, -0.2) is 0 Å². The van der Waals surface area contributed by atoms with Crippen molar-refractivity contribution >= 4 is 16.9 Å². The zero-order chi connectivity index (χ0) is 19.2. The molecule has 150 valence electrons. The molecule has 0 bridgehead atoms. The van der Waals surface area contributed by atoms with E-state index in [1.54, 1.807) is 0 Å². The predicted molar refractivity (Wildman–Crippen MR) is 110 cm³/mol. The van der Waals surface area contributed by atoms with Crippen molar-refractivity contribution in [3.05, 3.63) is 28.5 Å². The van der Waals surface area contributed by atoms with Crippen molar-refractivity contribution in [1.82, 2.24) is 0 Å². The molecular weight excluding hydrogens is 356 g/mol. The van der Waals surface area contributed by atoms with Crippen LogP contribution in [0.4, 0.5) is 0 Å². The lowest BCUT2D eigenvalue weighted by Crippen LogP contribution is -2.52. The number of hydrogen-bond donors (Lipinski definition) is 3. The Morgan fingerprint density at radius 2 is 1.93 bits per heavy atom. The number of allylic oxidation sites excluding steroid dienone is 2. The SMILES string of the molecule is CC12CC[C@H]([C@@]3(C)CC[C@H](O)C[C@@H]3CO)[C@@H](CO)[C@@H]1CC=C2c1cccs1. The Balaban J connectivity index is 1.62. The second-order valence-corrected chi connectivity index (χ2v) is 10.6. The molecule has 4 heteroatoms. The molecule has 0 spiro atoms. The van der Waals surface area contributed by atoms with Gasteiger partial charge in [-0.1, -0.05) is 26.0 Å². The second kappa shape index (κ2) is 7.29. The van der Waals surface area contributed by atoms with Crippen LogP contribution in [-0.2, 0) is 0 Å². The summed E-state index contributed by atoms with van der Waals surface area (Å²) in [6.07, 6.45) is 7.92. The van der Waals surface area contributed by atoms with E-state index in [0.717, 1.165) is 32.1 Å². The highest BCUT2D eigenvalue weighted by Gasteiger charge is 2.56. The van der Waals surface area contributed by atoms with E-state index >= 15 is 0 Å². The Bertz CT molecular complexity index is 684. The topological polar surface area (TPSA) is 60.7 Å². The molecule has 0 saturated heterocycles. The third-order valence-corrected chi connectivity index (χ3v) is 9.49.